The molecule has 0 saturated carbocycles. The van der Waals surface area contributed by atoms with Crippen LogP contribution in [0.2, 0.25) is 0 Å². The van der Waals surface area contributed by atoms with Crippen LogP contribution in [0.25, 0.3) is 6.08 Å². The number of halogens is 2. The van der Waals surface area contributed by atoms with Crippen molar-refractivity contribution in [3.05, 3.63) is 69.7 Å². The third-order valence-corrected chi connectivity index (χ3v) is 6.48. The Labute approximate surface area is 203 Å². The molecule has 2 aromatic carbocycles. The van der Waals surface area contributed by atoms with Crippen LogP contribution in [-0.2, 0) is 11.4 Å². The molecule has 0 aromatic heterocycles. The van der Waals surface area contributed by atoms with Crippen LogP contribution in [0.1, 0.15) is 11.1 Å². The number of nitro groups is 1. The Morgan fingerprint density at radius 2 is 1.83 bits per heavy atom. The van der Waals surface area contributed by atoms with E-state index in [0.29, 0.717) is 10.7 Å². The molecule has 2 aromatic rings. The van der Waals surface area contributed by atoms with Crippen LogP contribution in [0.4, 0.5) is 10.5 Å². The van der Waals surface area contributed by atoms with E-state index in [1.54, 1.807) is 18.2 Å². The number of thioether (sulfide) groups is 1. The predicted molar refractivity (Wildman–Crippen MR) is 131 cm³/mol. The van der Waals surface area contributed by atoms with Gasteiger partial charge in [-0.1, -0.05) is 5.92 Å². The summed E-state index contributed by atoms with van der Waals surface area (Å²) in [5.74, 6) is 2.58. The van der Waals surface area contributed by atoms with E-state index in [9.17, 15) is 19.7 Å². The van der Waals surface area contributed by atoms with E-state index in [1.165, 1.54) is 12.1 Å². The number of ether oxygens (including phenoxy) is 1. The summed E-state index contributed by atoms with van der Waals surface area (Å²) in [5, 5.41) is 10.4. The standard InChI is InChI=1S/C20H12I2N2O5S/c1-2-7-23-19(25)17(30-20(23)26)10-13-8-15(21)18(16(22)9-13)29-11-12-3-5-14(6-4-12)24(27)28/h1,3-6,8-10H,7,11H2. The minimum Gasteiger partial charge on any atom is -0.487 e. The number of hydrogen-bond acceptors (Lipinski definition) is 6. The fourth-order valence-electron chi connectivity index (χ4n) is 2.55. The highest BCUT2D eigenvalue weighted by atomic mass is 127. The molecule has 0 aliphatic carbocycles. The molecule has 0 spiro atoms. The van der Waals surface area contributed by atoms with Crippen LogP contribution in [0.3, 0.4) is 0 Å². The highest BCUT2D eigenvalue weighted by Crippen LogP contribution is 2.35. The van der Waals surface area contributed by atoms with Gasteiger partial charge in [0, 0.05) is 12.1 Å². The number of carbonyl (C=O) groups excluding carboxylic acids is 2. The zero-order valence-electron chi connectivity index (χ0n) is 15.1. The van der Waals surface area contributed by atoms with Crippen LogP contribution >= 0.6 is 56.9 Å². The van der Waals surface area contributed by atoms with Gasteiger partial charge in [-0.3, -0.25) is 24.6 Å². The first-order chi connectivity index (χ1) is 14.3. The maximum Gasteiger partial charge on any atom is 0.294 e. The quantitative estimate of drug-likeness (QED) is 0.144. The second kappa shape index (κ2) is 9.80. The van der Waals surface area contributed by atoms with Crippen molar-refractivity contribution >= 4 is 79.9 Å². The van der Waals surface area contributed by atoms with Gasteiger partial charge in [0.15, 0.2) is 0 Å². The Bertz CT molecular complexity index is 1090. The van der Waals surface area contributed by atoms with Gasteiger partial charge in [0.2, 0.25) is 0 Å². The van der Waals surface area contributed by atoms with Gasteiger partial charge in [-0.15, -0.1) is 6.42 Å². The number of benzene rings is 2. The summed E-state index contributed by atoms with van der Waals surface area (Å²) < 4.78 is 7.56. The van der Waals surface area contributed by atoms with Crippen molar-refractivity contribution in [1.29, 1.82) is 0 Å². The zero-order chi connectivity index (χ0) is 21.8. The number of hydrogen-bond donors (Lipinski definition) is 0. The zero-order valence-corrected chi connectivity index (χ0v) is 20.3. The number of imide groups is 1. The fraction of sp³-hybridized carbons (Fsp3) is 0.100. The molecule has 0 unspecified atom stereocenters. The van der Waals surface area contributed by atoms with Gasteiger partial charge >= 0.3 is 0 Å². The molecule has 1 aliphatic rings. The van der Waals surface area contributed by atoms with Crippen molar-refractivity contribution in [3.63, 3.8) is 0 Å². The first kappa shape index (κ1) is 22.6. The van der Waals surface area contributed by atoms with Gasteiger partial charge in [0.25, 0.3) is 16.8 Å². The van der Waals surface area contributed by atoms with Gasteiger partial charge in [-0.25, -0.2) is 0 Å². The van der Waals surface area contributed by atoms with Crippen LogP contribution < -0.4 is 4.74 Å². The Hall–Kier alpha value is -2.11. The Morgan fingerprint density at radius 3 is 2.40 bits per heavy atom. The van der Waals surface area contributed by atoms with E-state index >= 15 is 0 Å². The molecule has 30 heavy (non-hydrogen) atoms. The van der Waals surface area contributed by atoms with Crippen molar-refractivity contribution in [2.45, 2.75) is 6.61 Å². The molecule has 0 N–H and O–H groups in total. The van der Waals surface area contributed by atoms with Crippen molar-refractivity contribution in [2.24, 2.45) is 0 Å². The average molecular weight is 646 g/mol. The van der Waals surface area contributed by atoms with Gasteiger partial charge in [-0.2, -0.15) is 0 Å². The molecule has 1 aliphatic heterocycles. The third kappa shape index (κ3) is 5.13. The summed E-state index contributed by atoms with van der Waals surface area (Å²) in [6.45, 7) is 0.209. The summed E-state index contributed by atoms with van der Waals surface area (Å²) in [4.78, 5) is 35.9. The second-order valence-electron chi connectivity index (χ2n) is 6.00. The topological polar surface area (TPSA) is 89.8 Å². The van der Waals surface area contributed by atoms with E-state index in [0.717, 1.165) is 34.9 Å². The fourth-order valence-corrected chi connectivity index (χ4v) is 5.52. The van der Waals surface area contributed by atoms with Crippen molar-refractivity contribution in [1.82, 2.24) is 4.90 Å². The normalized spacial score (nSPS) is 14.8. The number of nitrogens with zero attached hydrogens (tertiary/aromatic N) is 2. The Balaban J connectivity index is 1.76. The minimum atomic E-state index is -0.448. The maximum absolute atomic E-state index is 12.3. The van der Waals surface area contributed by atoms with E-state index in [1.807, 2.05) is 12.1 Å². The maximum atomic E-state index is 12.3. The molecule has 2 amide bonds. The molecule has 0 radical (unpaired) electrons. The van der Waals surface area contributed by atoms with E-state index in [4.69, 9.17) is 11.2 Å². The predicted octanol–water partition coefficient (Wildman–Crippen LogP) is 5.05. The smallest absolute Gasteiger partial charge is 0.294 e. The minimum absolute atomic E-state index is 0.0268. The number of nitro benzene ring substituents is 1. The summed E-state index contributed by atoms with van der Waals surface area (Å²) >= 11 is 5.14. The number of amides is 2. The summed E-state index contributed by atoms with van der Waals surface area (Å²) in [5.41, 5.74) is 1.59. The van der Waals surface area contributed by atoms with Crippen LogP contribution in [0.15, 0.2) is 41.3 Å². The average Bonchev–Trinajstić information content (AvgIpc) is 2.95. The second-order valence-corrected chi connectivity index (χ2v) is 9.32. The largest absolute Gasteiger partial charge is 0.487 e. The molecule has 152 valence electrons. The number of carbonyl (C=O) groups is 2. The first-order valence-electron chi connectivity index (χ1n) is 8.34. The van der Waals surface area contributed by atoms with Gasteiger partial charge in [0.1, 0.15) is 12.4 Å². The number of terminal acetylenes is 1. The highest BCUT2D eigenvalue weighted by Gasteiger charge is 2.34. The van der Waals surface area contributed by atoms with Crippen LogP contribution in [0, 0.1) is 29.6 Å². The summed E-state index contributed by atoms with van der Waals surface area (Å²) in [7, 11) is 0. The monoisotopic (exact) mass is 646 g/mol. The van der Waals surface area contributed by atoms with Crippen LogP contribution in [0.5, 0.6) is 5.75 Å². The lowest BCUT2D eigenvalue weighted by Gasteiger charge is -2.12. The summed E-state index contributed by atoms with van der Waals surface area (Å²) in [6.07, 6.45) is 6.87. The molecule has 7 nitrogen and oxygen atoms in total. The highest BCUT2D eigenvalue weighted by molar-refractivity contribution is 14.1. The lowest BCUT2D eigenvalue weighted by atomic mass is 10.2. The van der Waals surface area contributed by atoms with Crippen molar-refractivity contribution in [3.8, 4) is 18.1 Å². The van der Waals surface area contributed by atoms with Gasteiger partial charge in [-0.05, 0) is 98.4 Å². The third-order valence-electron chi connectivity index (χ3n) is 3.97. The molecule has 0 atom stereocenters. The van der Waals surface area contributed by atoms with Crippen molar-refractivity contribution in [2.75, 3.05) is 6.54 Å². The molecular formula is C20H12I2N2O5S. The Morgan fingerprint density at radius 1 is 1.20 bits per heavy atom. The van der Waals surface area contributed by atoms with E-state index in [2.05, 4.69) is 51.1 Å². The SMILES string of the molecule is C#CCN1C(=O)SC(=Cc2cc(I)c(OCc3ccc([N+](=O)[O-])cc3)c(I)c2)C1=O. The Kier molecular flexibility index (Phi) is 7.37. The molecule has 1 fully saturated rings. The molecule has 3 rings (SSSR count). The first-order valence-corrected chi connectivity index (χ1v) is 11.3. The molecule has 1 saturated heterocycles. The lowest BCUT2D eigenvalue weighted by Crippen LogP contribution is -2.28. The molecule has 1 heterocycles. The number of rotatable bonds is 6. The van der Waals surface area contributed by atoms with E-state index in [-0.39, 0.29) is 24.1 Å². The molecule has 0 bridgehead atoms. The summed E-state index contributed by atoms with van der Waals surface area (Å²) in [6, 6.07) is 9.87. The molecule has 10 heteroatoms. The molecular weight excluding hydrogens is 634 g/mol. The van der Waals surface area contributed by atoms with E-state index < -0.39 is 10.8 Å². The van der Waals surface area contributed by atoms with Gasteiger partial charge < -0.3 is 4.74 Å². The number of non-ortho nitro benzene ring substituents is 1. The lowest BCUT2D eigenvalue weighted by molar-refractivity contribution is -0.384. The van der Waals surface area contributed by atoms with Crippen LogP contribution in [-0.4, -0.2) is 27.5 Å². The van der Waals surface area contributed by atoms with Gasteiger partial charge in [0.05, 0.1) is 23.5 Å². The van der Waals surface area contributed by atoms with Crippen molar-refractivity contribution < 1.29 is 19.2 Å².